The third kappa shape index (κ3) is 4.57. The lowest BCUT2D eigenvalue weighted by Gasteiger charge is -2.11. The van der Waals surface area contributed by atoms with Crippen LogP contribution >= 0.6 is 0 Å². The Morgan fingerprint density at radius 3 is 2.67 bits per heavy atom. The maximum absolute atomic E-state index is 11.9. The second-order valence-electron chi connectivity index (χ2n) is 5.02. The molecule has 1 aromatic rings. The number of aliphatic carboxylic acids is 1. The van der Waals surface area contributed by atoms with Crippen molar-refractivity contribution in [3.05, 3.63) is 29.8 Å². The smallest absolute Gasteiger partial charge is 0.305 e. The topological polar surface area (TPSA) is 122 Å². The molecule has 0 bridgehead atoms. The number of carboxylic acid groups (broad SMARTS) is 1. The molecule has 1 aliphatic carbocycles. The predicted molar refractivity (Wildman–Crippen MR) is 75.8 cm³/mol. The van der Waals surface area contributed by atoms with Crippen molar-refractivity contribution in [1.82, 2.24) is 5.32 Å². The maximum Gasteiger partial charge on any atom is 0.305 e. The molecule has 21 heavy (non-hydrogen) atoms. The molecule has 7 nitrogen and oxygen atoms in total. The highest BCUT2D eigenvalue weighted by atomic mass is 16.4. The van der Waals surface area contributed by atoms with Crippen LogP contribution in [-0.2, 0) is 9.59 Å². The van der Waals surface area contributed by atoms with Crippen LogP contribution in [0.4, 0.5) is 5.69 Å². The number of carbonyl (C=O) groups excluding carboxylic acids is 2. The number of nitrogens with two attached hydrogens (primary N) is 1. The van der Waals surface area contributed by atoms with E-state index >= 15 is 0 Å². The van der Waals surface area contributed by atoms with Crippen molar-refractivity contribution in [2.45, 2.75) is 31.3 Å². The van der Waals surface area contributed by atoms with Gasteiger partial charge in [-0.2, -0.15) is 0 Å². The number of carboxylic acids is 1. The van der Waals surface area contributed by atoms with E-state index in [2.05, 4.69) is 10.6 Å². The summed E-state index contributed by atoms with van der Waals surface area (Å²) in [6.45, 7) is 0. The van der Waals surface area contributed by atoms with Crippen LogP contribution < -0.4 is 16.4 Å². The van der Waals surface area contributed by atoms with Crippen LogP contribution in [0.2, 0.25) is 0 Å². The highest BCUT2D eigenvalue weighted by Crippen LogP contribution is 2.20. The average molecular weight is 291 g/mol. The van der Waals surface area contributed by atoms with Crippen molar-refractivity contribution in [2.75, 3.05) is 5.32 Å². The first kappa shape index (κ1) is 15.0. The molecule has 1 aromatic carbocycles. The summed E-state index contributed by atoms with van der Waals surface area (Å²) in [5.41, 5.74) is 6.31. The van der Waals surface area contributed by atoms with Gasteiger partial charge in [-0.25, -0.2) is 0 Å². The number of hydrogen-bond donors (Lipinski definition) is 4. The van der Waals surface area contributed by atoms with Crippen molar-refractivity contribution < 1.29 is 19.5 Å². The van der Waals surface area contributed by atoms with E-state index in [0.29, 0.717) is 11.3 Å². The molecule has 7 heteroatoms. The molecular weight excluding hydrogens is 274 g/mol. The minimum atomic E-state index is -1.14. The number of carbonyl (C=O) groups is 3. The average Bonchev–Trinajstić information content (AvgIpc) is 3.22. The van der Waals surface area contributed by atoms with Crippen molar-refractivity contribution in [2.24, 2.45) is 5.73 Å². The molecule has 0 spiro atoms. The first-order valence-electron chi connectivity index (χ1n) is 6.65. The second-order valence-corrected chi connectivity index (χ2v) is 5.02. The highest BCUT2D eigenvalue weighted by molar-refractivity contribution is 5.99. The first-order chi connectivity index (χ1) is 9.95. The van der Waals surface area contributed by atoms with Gasteiger partial charge in [0.1, 0.15) is 0 Å². The summed E-state index contributed by atoms with van der Waals surface area (Å²) in [5.74, 6) is -1.93. The molecule has 1 fully saturated rings. The fraction of sp³-hybridized carbons (Fsp3) is 0.357. The van der Waals surface area contributed by atoms with Crippen LogP contribution in [0.5, 0.6) is 0 Å². The predicted octanol–water partition coefficient (Wildman–Crippen LogP) is 0.319. The Hall–Kier alpha value is -2.41. The third-order valence-electron chi connectivity index (χ3n) is 3.04. The van der Waals surface area contributed by atoms with E-state index < -0.39 is 24.3 Å². The van der Waals surface area contributed by atoms with Gasteiger partial charge in [0.15, 0.2) is 0 Å². The van der Waals surface area contributed by atoms with Crippen LogP contribution in [0.3, 0.4) is 0 Å². The first-order valence-corrected chi connectivity index (χ1v) is 6.65. The zero-order valence-electron chi connectivity index (χ0n) is 11.3. The minimum absolute atomic E-state index is 0.191. The van der Waals surface area contributed by atoms with Crippen molar-refractivity contribution >= 4 is 23.5 Å². The molecule has 1 aliphatic rings. The van der Waals surface area contributed by atoms with Gasteiger partial charge in [0.05, 0.1) is 12.5 Å². The molecule has 0 aromatic heterocycles. The lowest BCUT2D eigenvalue weighted by Crippen LogP contribution is -2.37. The van der Waals surface area contributed by atoms with Gasteiger partial charge in [-0.05, 0) is 31.0 Å². The van der Waals surface area contributed by atoms with E-state index in [1.165, 1.54) is 6.07 Å². The summed E-state index contributed by atoms with van der Waals surface area (Å²) in [4.78, 5) is 34.1. The molecule has 2 rings (SSSR count). The van der Waals surface area contributed by atoms with Gasteiger partial charge in [0, 0.05) is 17.3 Å². The Morgan fingerprint density at radius 1 is 1.33 bits per heavy atom. The lowest BCUT2D eigenvalue weighted by atomic mass is 10.1. The SMILES string of the molecule is NC(CC(=O)O)C(=O)Nc1cccc(C(=O)NC2CC2)c1. The number of benzene rings is 1. The van der Waals surface area contributed by atoms with Gasteiger partial charge in [-0.1, -0.05) is 6.07 Å². The van der Waals surface area contributed by atoms with Gasteiger partial charge in [-0.15, -0.1) is 0 Å². The van der Waals surface area contributed by atoms with Gasteiger partial charge < -0.3 is 21.5 Å². The van der Waals surface area contributed by atoms with Crippen LogP contribution in [0.25, 0.3) is 0 Å². The molecule has 1 unspecified atom stereocenters. The maximum atomic E-state index is 11.9. The zero-order chi connectivity index (χ0) is 15.4. The Bertz CT molecular complexity index is 569. The summed E-state index contributed by atoms with van der Waals surface area (Å²) < 4.78 is 0. The summed E-state index contributed by atoms with van der Waals surface area (Å²) in [6, 6.07) is 5.54. The largest absolute Gasteiger partial charge is 0.481 e. The molecule has 1 atom stereocenters. The van der Waals surface area contributed by atoms with Gasteiger partial charge in [0.2, 0.25) is 5.91 Å². The number of anilines is 1. The van der Waals surface area contributed by atoms with E-state index in [9.17, 15) is 14.4 Å². The fourth-order valence-corrected chi connectivity index (χ4v) is 1.75. The third-order valence-corrected chi connectivity index (χ3v) is 3.04. The second kappa shape index (κ2) is 6.36. The molecule has 112 valence electrons. The Balaban J connectivity index is 1.98. The minimum Gasteiger partial charge on any atom is -0.481 e. The molecule has 2 amide bonds. The molecular formula is C14H17N3O4. The van der Waals surface area contributed by atoms with Crippen LogP contribution in [0, 0.1) is 0 Å². The zero-order valence-corrected chi connectivity index (χ0v) is 11.3. The van der Waals surface area contributed by atoms with E-state index in [1.54, 1.807) is 18.2 Å². The summed E-state index contributed by atoms with van der Waals surface area (Å²) in [6.07, 6.45) is 1.53. The summed E-state index contributed by atoms with van der Waals surface area (Å²) in [5, 5.41) is 13.9. The van der Waals surface area contributed by atoms with Crippen LogP contribution in [0.15, 0.2) is 24.3 Å². The van der Waals surface area contributed by atoms with E-state index in [0.717, 1.165) is 12.8 Å². The summed E-state index contributed by atoms with van der Waals surface area (Å²) in [7, 11) is 0. The highest BCUT2D eigenvalue weighted by Gasteiger charge is 2.24. The molecule has 0 radical (unpaired) electrons. The van der Waals surface area contributed by atoms with Crippen LogP contribution in [-0.4, -0.2) is 35.0 Å². The number of amides is 2. The van der Waals surface area contributed by atoms with E-state index in [-0.39, 0.29) is 11.9 Å². The number of rotatable bonds is 6. The van der Waals surface area contributed by atoms with Crippen molar-refractivity contribution in [3.63, 3.8) is 0 Å². The van der Waals surface area contributed by atoms with Crippen molar-refractivity contribution in [1.29, 1.82) is 0 Å². The molecule has 0 heterocycles. The van der Waals surface area contributed by atoms with Gasteiger partial charge in [0.25, 0.3) is 5.91 Å². The molecule has 0 saturated heterocycles. The van der Waals surface area contributed by atoms with Crippen LogP contribution in [0.1, 0.15) is 29.6 Å². The van der Waals surface area contributed by atoms with E-state index in [4.69, 9.17) is 10.8 Å². The molecule has 5 N–H and O–H groups in total. The quantitative estimate of drug-likeness (QED) is 0.601. The summed E-state index contributed by atoms with van der Waals surface area (Å²) >= 11 is 0. The Labute approximate surface area is 121 Å². The Morgan fingerprint density at radius 2 is 2.05 bits per heavy atom. The molecule has 1 saturated carbocycles. The van der Waals surface area contributed by atoms with E-state index in [1.807, 2.05) is 0 Å². The van der Waals surface area contributed by atoms with Gasteiger partial charge in [-0.3, -0.25) is 14.4 Å². The normalized spacial score (nSPS) is 15.1. The standard InChI is InChI=1S/C14H17N3O4/c15-11(7-12(18)19)14(21)17-10-3-1-2-8(6-10)13(20)16-9-4-5-9/h1-3,6,9,11H,4-5,7,15H2,(H,16,20)(H,17,21)(H,18,19). The molecule has 0 aliphatic heterocycles. The van der Waals surface area contributed by atoms with Gasteiger partial charge >= 0.3 is 5.97 Å². The monoisotopic (exact) mass is 291 g/mol. The number of nitrogens with one attached hydrogen (secondary N) is 2. The number of hydrogen-bond acceptors (Lipinski definition) is 4. The fourth-order valence-electron chi connectivity index (χ4n) is 1.75. The van der Waals surface area contributed by atoms with Crippen molar-refractivity contribution in [3.8, 4) is 0 Å². The lowest BCUT2D eigenvalue weighted by molar-refractivity contribution is -0.138. The Kier molecular flexibility index (Phi) is 4.54.